The van der Waals surface area contributed by atoms with Gasteiger partial charge < -0.3 is 9.47 Å². The van der Waals surface area contributed by atoms with Crippen molar-refractivity contribution in [2.75, 3.05) is 18.0 Å². The highest BCUT2D eigenvalue weighted by molar-refractivity contribution is 5.93. The van der Waals surface area contributed by atoms with Crippen molar-refractivity contribution in [3.63, 3.8) is 0 Å². The van der Waals surface area contributed by atoms with Crippen LogP contribution >= 0.6 is 0 Å². The predicted octanol–water partition coefficient (Wildman–Crippen LogP) is 6.07. The van der Waals surface area contributed by atoms with Crippen LogP contribution in [0.15, 0.2) is 73.1 Å². The lowest BCUT2D eigenvalue weighted by Crippen LogP contribution is -2.37. The fourth-order valence-corrected chi connectivity index (χ4v) is 6.07. The fourth-order valence-electron chi connectivity index (χ4n) is 6.07. The van der Waals surface area contributed by atoms with Gasteiger partial charge in [0.25, 0.3) is 5.91 Å². The summed E-state index contributed by atoms with van der Waals surface area (Å²) in [5, 5.41) is 9.98. The molecule has 0 spiro atoms. The first-order chi connectivity index (χ1) is 18.4. The van der Waals surface area contributed by atoms with E-state index in [1.807, 2.05) is 30.5 Å². The molecule has 2 N–H and O–H groups in total. The number of amides is 1. The summed E-state index contributed by atoms with van der Waals surface area (Å²) < 4.78 is 15.9. The van der Waals surface area contributed by atoms with Crippen LogP contribution in [0.1, 0.15) is 48.2 Å². The van der Waals surface area contributed by atoms with E-state index in [0.29, 0.717) is 29.9 Å². The lowest BCUT2D eigenvalue weighted by Gasteiger charge is -2.36. The summed E-state index contributed by atoms with van der Waals surface area (Å²) in [4.78, 5) is 18.8. The van der Waals surface area contributed by atoms with E-state index in [-0.39, 0.29) is 5.82 Å². The second kappa shape index (κ2) is 11.4. The molecule has 1 aliphatic heterocycles. The zero-order valence-electron chi connectivity index (χ0n) is 22.0. The number of hydroxylamine groups is 1. The SMILES string of the molecule is C[C@@H]1CC(Cc2cccc(F)c2)C[C@H](C)CN(c2ccnc3c2ccn3Cc2ccc(C(=O)NO)cc2)C1. The molecular formula is C31H35FN4O2. The molecule has 1 aliphatic rings. The molecule has 198 valence electrons. The molecule has 3 atom stereocenters. The number of carbonyl (C=O) groups is 1. The molecule has 5 rings (SSSR count). The molecule has 38 heavy (non-hydrogen) atoms. The lowest BCUT2D eigenvalue weighted by atomic mass is 9.82. The minimum absolute atomic E-state index is 0.152. The van der Waals surface area contributed by atoms with Gasteiger partial charge in [-0.15, -0.1) is 0 Å². The van der Waals surface area contributed by atoms with Crippen LogP contribution in [-0.2, 0) is 13.0 Å². The minimum atomic E-state index is -0.522. The summed E-state index contributed by atoms with van der Waals surface area (Å²) >= 11 is 0. The van der Waals surface area contributed by atoms with Crippen molar-refractivity contribution in [2.45, 2.75) is 39.7 Å². The van der Waals surface area contributed by atoms with Crippen molar-refractivity contribution in [1.82, 2.24) is 15.0 Å². The Labute approximate surface area is 223 Å². The van der Waals surface area contributed by atoms with Gasteiger partial charge in [0.2, 0.25) is 0 Å². The molecule has 0 bridgehead atoms. The van der Waals surface area contributed by atoms with E-state index in [0.717, 1.165) is 54.5 Å². The average molecular weight is 515 g/mol. The van der Waals surface area contributed by atoms with Crippen LogP contribution < -0.4 is 10.4 Å². The van der Waals surface area contributed by atoms with Gasteiger partial charge in [-0.1, -0.05) is 38.1 Å². The van der Waals surface area contributed by atoms with E-state index in [2.05, 4.69) is 41.6 Å². The van der Waals surface area contributed by atoms with Crippen molar-refractivity contribution >= 4 is 22.6 Å². The Morgan fingerprint density at radius 1 is 1.03 bits per heavy atom. The Hall–Kier alpha value is -3.71. The number of nitrogens with zero attached hydrogens (tertiary/aromatic N) is 3. The summed E-state index contributed by atoms with van der Waals surface area (Å²) in [5.74, 6) is 0.908. The molecule has 7 heteroatoms. The lowest BCUT2D eigenvalue weighted by molar-refractivity contribution is 0.0706. The summed E-state index contributed by atoms with van der Waals surface area (Å²) in [6, 6.07) is 18.5. The monoisotopic (exact) mass is 514 g/mol. The van der Waals surface area contributed by atoms with Crippen LogP contribution in [0.2, 0.25) is 0 Å². The number of aromatic nitrogens is 2. The van der Waals surface area contributed by atoms with Gasteiger partial charge in [-0.3, -0.25) is 10.0 Å². The van der Waals surface area contributed by atoms with Crippen molar-refractivity contribution in [2.24, 2.45) is 17.8 Å². The van der Waals surface area contributed by atoms with Gasteiger partial charge in [0.1, 0.15) is 11.5 Å². The van der Waals surface area contributed by atoms with Crippen LogP contribution in [0.25, 0.3) is 11.0 Å². The Balaban J connectivity index is 1.32. The highest BCUT2D eigenvalue weighted by Crippen LogP contribution is 2.33. The maximum Gasteiger partial charge on any atom is 0.274 e. The molecule has 6 nitrogen and oxygen atoms in total. The smallest absolute Gasteiger partial charge is 0.274 e. The van der Waals surface area contributed by atoms with E-state index in [1.54, 1.807) is 23.7 Å². The Bertz CT molecular complexity index is 1390. The number of benzene rings is 2. The highest BCUT2D eigenvalue weighted by Gasteiger charge is 2.25. The first kappa shape index (κ1) is 25.9. The first-order valence-corrected chi connectivity index (χ1v) is 13.4. The molecule has 4 aromatic rings. The standard InChI is InChI=1S/C31H35FN4O2/c1-21-14-25(16-24-4-3-5-27(32)17-24)15-22(2)19-36(18-21)29-10-12-33-30-28(29)11-13-35(30)20-23-6-8-26(9-7-23)31(37)34-38/h3-13,17,21-22,25,38H,14-16,18-20H2,1-2H3,(H,34,37)/t21-,22+,25?. The summed E-state index contributed by atoms with van der Waals surface area (Å²) in [6.07, 6.45) is 7.14. The second-order valence-corrected chi connectivity index (χ2v) is 10.9. The molecule has 0 aliphatic carbocycles. The van der Waals surface area contributed by atoms with Gasteiger partial charge in [0.05, 0.1) is 0 Å². The largest absolute Gasteiger partial charge is 0.370 e. The summed E-state index contributed by atoms with van der Waals surface area (Å²) in [6.45, 7) is 7.23. The van der Waals surface area contributed by atoms with Crippen molar-refractivity contribution in [3.8, 4) is 0 Å². The van der Waals surface area contributed by atoms with E-state index < -0.39 is 5.91 Å². The van der Waals surface area contributed by atoms with E-state index in [4.69, 9.17) is 10.2 Å². The van der Waals surface area contributed by atoms with Crippen LogP contribution in [0.4, 0.5) is 10.1 Å². The zero-order chi connectivity index (χ0) is 26.6. The molecule has 3 heterocycles. The maximum atomic E-state index is 13.7. The number of pyridine rings is 1. The Morgan fingerprint density at radius 3 is 2.45 bits per heavy atom. The number of nitrogens with one attached hydrogen (secondary N) is 1. The fraction of sp³-hybridized carbons (Fsp3) is 0.355. The van der Waals surface area contributed by atoms with Crippen LogP contribution in [0.3, 0.4) is 0 Å². The van der Waals surface area contributed by atoms with Gasteiger partial charge in [-0.2, -0.15) is 0 Å². The van der Waals surface area contributed by atoms with Crippen molar-refractivity contribution in [3.05, 3.63) is 95.6 Å². The molecule has 1 fully saturated rings. The molecule has 2 aromatic carbocycles. The molecule has 0 saturated carbocycles. The number of halogens is 1. The molecule has 2 aromatic heterocycles. The third-order valence-corrected chi connectivity index (χ3v) is 7.60. The Kier molecular flexibility index (Phi) is 7.74. The van der Waals surface area contributed by atoms with Gasteiger partial charge in [0.15, 0.2) is 0 Å². The van der Waals surface area contributed by atoms with Crippen LogP contribution in [0.5, 0.6) is 0 Å². The minimum Gasteiger partial charge on any atom is -0.370 e. The van der Waals surface area contributed by atoms with Crippen LogP contribution in [-0.4, -0.2) is 33.8 Å². The zero-order valence-corrected chi connectivity index (χ0v) is 22.0. The first-order valence-electron chi connectivity index (χ1n) is 13.4. The quantitative estimate of drug-likeness (QED) is 0.242. The summed E-state index contributed by atoms with van der Waals surface area (Å²) in [5.41, 5.74) is 6.36. The van der Waals surface area contributed by atoms with Gasteiger partial charge in [0, 0.05) is 48.7 Å². The third-order valence-electron chi connectivity index (χ3n) is 7.60. The third kappa shape index (κ3) is 5.89. The van der Waals surface area contributed by atoms with Gasteiger partial charge in [-0.05, 0) is 84.5 Å². The summed E-state index contributed by atoms with van der Waals surface area (Å²) in [7, 11) is 0. The molecular weight excluding hydrogens is 479 g/mol. The Morgan fingerprint density at radius 2 is 1.76 bits per heavy atom. The van der Waals surface area contributed by atoms with Crippen LogP contribution in [0, 0.1) is 23.6 Å². The number of hydrogen-bond donors (Lipinski definition) is 2. The number of fused-ring (bicyclic) bond motifs is 1. The van der Waals surface area contributed by atoms with Gasteiger partial charge >= 0.3 is 0 Å². The van der Waals surface area contributed by atoms with E-state index >= 15 is 0 Å². The maximum absolute atomic E-state index is 13.7. The number of hydrogen-bond acceptors (Lipinski definition) is 4. The predicted molar refractivity (Wildman–Crippen MR) is 148 cm³/mol. The van der Waals surface area contributed by atoms with Crippen molar-refractivity contribution in [1.29, 1.82) is 0 Å². The topological polar surface area (TPSA) is 70.4 Å². The second-order valence-electron chi connectivity index (χ2n) is 10.9. The van der Waals surface area contributed by atoms with Gasteiger partial charge in [-0.25, -0.2) is 14.9 Å². The number of carbonyl (C=O) groups excluding carboxylic acids is 1. The average Bonchev–Trinajstić information content (AvgIpc) is 3.30. The van der Waals surface area contributed by atoms with E-state index in [1.165, 1.54) is 11.8 Å². The molecule has 1 saturated heterocycles. The number of anilines is 1. The van der Waals surface area contributed by atoms with E-state index in [9.17, 15) is 9.18 Å². The molecule has 1 amide bonds. The normalized spacial score (nSPS) is 20.2. The highest BCUT2D eigenvalue weighted by atomic mass is 19.1. The molecule has 0 radical (unpaired) electrons. The molecule has 1 unspecified atom stereocenters. The number of rotatable bonds is 6. The van der Waals surface area contributed by atoms with Crippen molar-refractivity contribution < 1.29 is 14.4 Å².